The largest absolute Gasteiger partial charge is 0.494 e. The number of rotatable bonds is 4. The molecule has 1 aromatic heterocycles. The molecule has 80 valence electrons. The van der Waals surface area contributed by atoms with Crippen molar-refractivity contribution in [2.75, 3.05) is 6.61 Å². The highest BCUT2D eigenvalue weighted by Crippen LogP contribution is 2.24. The standard InChI is InChI=1S/C12H15NO2/c1-2-5-14-10-3-4-12-9(6-10)7-11(8-13)15-12/h3-4,6-7H,2,5,8,13H2,1H3. The van der Waals surface area contributed by atoms with Gasteiger partial charge in [0.05, 0.1) is 13.2 Å². The maximum Gasteiger partial charge on any atom is 0.134 e. The molecular formula is C12H15NO2. The summed E-state index contributed by atoms with van der Waals surface area (Å²) in [4.78, 5) is 0. The molecule has 0 unspecified atom stereocenters. The molecule has 2 aromatic rings. The van der Waals surface area contributed by atoms with Gasteiger partial charge >= 0.3 is 0 Å². The van der Waals surface area contributed by atoms with Gasteiger partial charge in [0, 0.05) is 5.39 Å². The molecule has 0 atom stereocenters. The first-order valence-electron chi connectivity index (χ1n) is 5.19. The van der Waals surface area contributed by atoms with Gasteiger partial charge in [-0.1, -0.05) is 6.92 Å². The van der Waals surface area contributed by atoms with Crippen molar-refractivity contribution in [3.8, 4) is 5.75 Å². The fraction of sp³-hybridized carbons (Fsp3) is 0.333. The van der Waals surface area contributed by atoms with E-state index >= 15 is 0 Å². The highest BCUT2D eigenvalue weighted by Gasteiger charge is 2.03. The first kappa shape index (κ1) is 10.1. The number of benzene rings is 1. The molecule has 0 bridgehead atoms. The van der Waals surface area contributed by atoms with Crippen LogP contribution in [0, 0.1) is 0 Å². The third-order valence-corrected chi connectivity index (χ3v) is 2.21. The minimum absolute atomic E-state index is 0.430. The molecule has 0 aliphatic heterocycles. The highest BCUT2D eigenvalue weighted by molar-refractivity contribution is 5.79. The molecule has 1 aromatic carbocycles. The minimum atomic E-state index is 0.430. The van der Waals surface area contributed by atoms with Crippen molar-refractivity contribution >= 4 is 11.0 Å². The molecular weight excluding hydrogens is 190 g/mol. The summed E-state index contributed by atoms with van der Waals surface area (Å²) in [5, 5.41) is 1.05. The van der Waals surface area contributed by atoms with Crippen molar-refractivity contribution in [2.24, 2.45) is 5.73 Å². The molecule has 0 amide bonds. The van der Waals surface area contributed by atoms with E-state index in [1.54, 1.807) is 0 Å². The molecule has 0 saturated heterocycles. The molecule has 0 aliphatic rings. The summed E-state index contributed by atoms with van der Waals surface area (Å²) in [5.41, 5.74) is 6.37. The smallest absolute Gasteiger partial charge is 0.134 e. The van der Waals surface area contributed by atoms with Gasteiger partial charge in [0.25, 0.3) is 0 Å². The Bertz CT molecular complexity index is 448. The number of hydrogen-bond donors (Lipinski definition) is 1. The SMILES string of the molecule is CCCOc1ccc2oc(CN)cc2c1. The average molecular weight is 205 g/mol. The van der Waals surface area contributed by atoms with E-state index in [4.69, 9.17) is 14.9 Å². The van der Waals surface area contributed by atoms with Crippen LogP contribution in [0.25, 0.3) is 11.0 Å². The first-order chi connectivity index (χ1) is 7.33. The van der Waals surface area contributed by atoms with Gasteiger partial charge in [-0.15, -0.1) is 0 Å². The molecule has 0 spiro atoms. The van der Waals surface area contributed by atoms with Gasteiger partial charge in [0.2, 0.25) is 0 Å². The van der Waals surface area contributed by atoms with Crippen molar-refractivity contribution in [3.05, 3.63) is 30.0 Å². The van der Waals surface area contributed by atoms with E-state index in [0.29, 0.717) is 6.54 Å². The normalized spacial score (nSPS) is 10.8. The van der Waals surface area contributed by atoms with Crippen LogP contribution in [0.4, 0.5) is 0 Å². The summed E-state index contributed by atoms with van der Waals surface area (Å²) in [6, 6.07) is 7.77. The lowest BCUT2D eigenvalue weighted by Crippen LogP contribution is -1.93. The zero-order valence-corrected chi connectivity index (χ0v) is 8.82. The fourth-order valence-corrected chi connectivity index (χ4v) is 1.49. The summed E-state index contributed by atoms with van der Waals surface area (Å²) in [6.45, 7) is 3.26. The molecule has 1 heterocycles. The number of furan rings is 1. The predicted molar refractivity (Wildman–Crippen MR) is 59.9 cm³/mol. The van der Waals surface area contributed by atoms with Crippen molar-refractivity contribution in [1.82, 2.24) is 0 Å². The van der Waals surface area contributed by atoms with Crippen LogP contribution in [-0.4, -0.2) is 6.61 Å². The maximum absolute atomic E-state index is 5.53. The summed E-state index contributed by atoms with van der Waals surface area (Å²) in [6.07, 6.45) is 1.01. The first-order valence-corrected chi connectivity index (χ1v) is 5.19. The topological polar surface area (TPSA) is 48.4 Å². The fourth-order valence-electron chi connectivity index (χ4n) is 1.49. The molecule has 0 radical (unpaired) electrons. The zero-order chi connectivity index (χ0) is 10.7. The molecule has 0 saturated carbocycles. The Balaban J connectivity index is 2.29. The monoisotopic (exact) mass is 205 g/mol. The Morgan fingerprint density at radius 2 is 2.20 bits per heavy atom. The van der Waals surface area contributed by atoms with Crippen LogP contribution in [0.3, 0.4) is 0 Å². The Labute approximate surface area is 88.8 Å². The molecule has 0 aliphatic carbocycles. The van der Waals surface area contributed by atoms with Crippen LogP contribution in [0.1, 0.15) is 19.1 Å². The molecule has 3 nitrogen and oxygen atoms in total. The number of hydrogen-bond acceptors (Lipinski definition) is 3. The van der Waals surface area contributed by atoms with Gasteiger partial charge in [0.15, 0.2) is 0 Å². The van der Waals surface area contributed by atoms with Crippen molar-refractivity contribution in [2.45, 2.75) is 19.9 Å². The maximum atomic E-state index is 5.53. The Morgan fingerprint density at radius 3 is 2.93 bits per heavy atom. The highest BCUT2D eigenvalue weighted by atomic mass is 16.5. The van der Waals surface area contributed by atoms with Gasteiger partial charge in [-0.2, -0.15) is 0 Å². The number of ether oxygens (including phenoxy) is 1. The molecule has 2 N–H and O–H groups in total. The third-order valence-electron chi connectivity index (χ3n) is 2.21. The Morgan fingerprint density at radius 1 is 1.33 bits per heavy atom. The van der Waals surface area contributed by atoms with Crippen LogP contribution in [0.5, 0.6) is 5.75 Å². The van der Waals surface area contributed by atoms with Crippen LogP contribution in [-0.2, 0) is 6.54 Å². The molecule has 0 fully saturated rings. The molecule has 15 heavy (non-hydrogen) atoms. The quantitative estimate of drug-likeness (QED) is 0.834. The Kier molecular flexibility index (Phi) is 2.92. The van der Waals surface area contributed by atoms with Crippen molar-refractivity contribution in [1.29, 1.82) is 0 Å². The summed E-state index contributed by atoms with van der Waals surface area (Å²) in [7, 11) is 0. The summed E-state index contributed by atoms with van der Waals surface area (Å²) < 4.78 is 11.0. The van der Waals surface area contributed by atoms with Crippen LogP contribution in [0.2, 0.25) is 0 Å². The predicted octanol–water partition coefficient (Wildman–Crippen LogP) is 2.68. The number of fused-ring (bicyclic) bond motifs is 1. The lowest BCUT2D eigenvalue weighted by Gasteiger charge is -2.02. The lowest BCUT2D eigenvalue weighted by atomic mass is 10.2. The lowest BCUT2D eigenvalue weighted by molar-refractivity contribution is 0.318. The molecule has 2 rings (SSSR count). The molecule has 3 heteroatoms. The Hall–Kier alpha value is -1.48. The third kappa shape index (κ3) is 2.13. The van der Waals surface area contributed by atoms with Gasteiger partial charge < -0.3 is 14.9 Å². The second kappa shape index (κ2) is 4.36. The van der Waals surface area contributed by atoms with E-state index < -0.39 is 0 Å². The van der Waals surface area contributed by atoms with Crippen LogP contribution < -0.4 is 10.5 Å². The zero-order valence-electron chi connectivity index (χ0n) is 8.82. The van der Waals surface area contributed by atoms with Gasteiger partial charge in [-0.3, -0.25) is 0 Å². The van der Waals surface area contributed by atoms with Gasteiger partial charge in [-0.05, 0) is 30.7 Å². The van der Waals surface area contributed by atoms with E-state index in [-0.39, 0.29) is 0 Å². The van der Waals surface area contributed by atoms with E-state index in [9.17, 15) is 0 Å². The van der Waals surface area contributed by atoms with Gasteiger partial charge in [-0.25, -0.2) is 0 Å². The van der Waals surface area contributed by atoms with Crippen LogP contribution >= 0.6 is 0 Å². The van der Waals surface area contributed by atoms with Gasteiger partial charge in [0.1, 0.15) is 17.1 Å². The van der Waals surface area contributed by atoms with E-state index in [2.05, 4.69) is 6.92 Å². The minimum Gasteiger partial charge on any atom is -0.494 e. The summed E-state index contributed by atoms with van der Waals surface area (Å²) in [5.74, 6) is 1.69. The second-order valence-electron chi connectivity index (χ2n) is 3.46. The second-order valence-corrected chi connectivity index (χ2v) is 3.46. The average Bonchev–Trinajstić information content (AvgIpc) is 2.68. The number of nitrogens with two attached hydrogens (primary N) is 1. The van der Waals surface area contributed by atoms with E-state index in [1.807, 2.05) is 24.3 Å². The van der Waals surface area contributed by atoms with Crippen molar-refractivity contribution < 1.29 is 9.15 Å². The van der Waals surface area contributed by atoms with E-state index in [1.165, 1.54) is 0 Å². The van der Waals surface area contributed by atoms with Crippen molar-refractivity contribution in [3.63, 3.8) is 0 Å². The van der Waals surface area contributed by atoms with E-state index in [0.717, 1.165) is 35.5 Å². The van der Waals surface area contributed by atoms with Crippen LogP contribution in [0.15, 0.2) is 28.7 Å². The summed E-state index contributed by atoms with van der Waals surface area (Å²) >= 11 is 0.